The summed E-state index contributed by atoms with van der Waals surface area (Å²) in [4.78, 5) is 20.8. The van der Waals surface area contributed by atoms with Crippen molar-refractivity contribution in [1.82, 2.24) is 9.97 Å². The summed E-state index contributed by atoms with van der Waals surface area (Å²) < 4.78 is 34.4. The molecule has 28 heavy (non-hydrogen) atoms. The van der Waals surface area contributed by atoms with Gasteiger partial charge < -0.3 is 19.0 Å². The zero-order valence-electron chi connectivity index (χ0n) is 15.0. The zero-order valence-corrected chi connectivity index (χ0v) is 15.0. The lowest BCUT2D eigenvalue weighted by molar-refractivity contribution is -0.908. The maximum Gasteiger partial charge on any atom is 0.387 e. The maximum absolute atomic E-state index is 12.4. The number of quaternary nitrogens is 1. The second-order valence-electron chi connectivity index (χ2n) is 6.62. The third-order valence-corrected chi connectivity index (χ3v) is 4.40. The number of para-hydroxylation sites is 1. The average molecular weight is 386 g/mol. The van der Waals surface area contributed by atoms with E-state index in [1.54, 1.807) is 18.2 Å². The van der Waals surface area contributed by atoms with E-state index in [2.05, 4.69) is 14.7 Å². The first-order chi connectivity index (χ1) is 13.5. The fourth-order valence-electron chi connectivity index (χ4n) is 3.22. The summed E-state index contributed by atoms with van der Waals surface area (Å²) >= 11 is 0. The number of hydrogen-bond acceptors (Lipinski definition) is 4. The van der Waals surface area contributed by atoms with Gasteiger partial charge in [-0.25, -0.2) is 4.98 Å². The Hall–Kier alpha value is -3.26. The van der Waals surface area contributed by atoms with Gasteiger partial charge in [-0.2, -0.15) is 8.78 Å². The van der Waals surface area contributed by atoms with E-state index in [0.717, 1.165) is 15.8 Å². The summed E-state index contributed by atoms with van der Waals surface area (Å²) in [7, 11) is 1.96. The topological polar surface area (TPSA) is 72.6 Å². The van der Waals surface area contributed by atoms with Crippen LogP contribution in [0, 0.1) is 0 Å². The van der Waals surface area contributed by atoms with Crippen molar-refractivity contribution in [3.8, 4) is 5.75 Å². The molecule has 1 atom stereocenters. The Morgan fingerprint density at radius 1 is 1.14 bits per heavy atom. The van der Waals surface area contributed by atoms with Crippen LogP contribution in [0.3, 0.4) is 0 Å². The lowest BCUT2D eigenvalue weighted by atomic mass is 10.2. The van der Waals surface area contributed by atoms with Crippen molar-refractivity contribution in [1.29, 1.82) is 0 Å². The number of nitrogens with zero attached hydrogens (tertiary/aromatic N) is 1. The molecule has 0 saturated heterocycles. The predicted octanol–water partition coefficient (Wildman–Crippen LogP) is 2.49. The molecule has 0 aliphatic rings. The summed E-state index contributed by atoms with van der Waals surface area (Å²) in [6, 6.07) is 13.9. The average Bonchev–Trinajstić information content (AvgIpc) is 3.02. The van der Waals surface area contributed by atoms with Gasteiger partial charge in [0.05, 0.1) is 7.05 Å². The van der Waals surface area contributed by atoms with E-state index < -0.39 is 6.61 Å². The van der Waals surface area contributed by atoms with Gasteiger partial charge in [0.25, 0.3) is 5.56 Å². The Morgan fingerprint density at radius 3 is 2.64 bits per heavy atom. The van der Waals surface area contributed by atoms with Gasteiger partial charge in [0, 0.05) is 10.9 Å². The Kier molecular flexibility index (Phi) is 4.79. The highest BCUT2D eigenvalue weighted by atomic mass is 19.3. The minimum absolute atomic E-state index is 0.125. The van der Waals surface area contributed by atoms with Crippen molar-refractivity contribution in [3.05, 3.63) is 70.3 Å². The van der Waals surface area contributed by atoms with Crippen molar-refractivity contribution < 1.29 is 22.8 Å². The normalized spacial score (nSPS) is 12.7. The Labute approximate surface area is 158 Å². The fraction of sp³-hybridized carbons (Fsp3) is 0.200. The predicted molar refractivity (Wildman–Crippen MR) is 99.5 cm³/mol. The monoisotopic (exact) mass is 386 g/mol. The minimum atomic E-state index is -2.84. The molecule has 4 aromatic rings. The number of H-pyrrole nitrogens is 1. The molecule has 2 N–H and O–H groups in total. The van der Waals surface area contributed by atoms with Crippen LogP contribution in [-0.4, -0.2) is 23.6 Å². The van der Waals surface area contributed by atoms with Crippen LogP contribution >= 0.6 is 0 Å². The van der Waals surface area contributed by atoms with Crippen LogP contribution < -0.4 is 15.2 Å². The second-order valence-corrected chi connectivity index (χ2v) is 6.62. The quantitative estimate of drug-likeness (QED) is 0.534. The third-order valence-electron chi connectivity index (χ3n) is 4.40. The molecule has 0 radical (unpaired) electrons. The van der Waals surface area contributed by atoms with Crippen LogP contribution in [0.2, 0.25) is 0 Å². The second kappa shape index (κ2) is 7.40. The molecular weight excluding hydrogens is 368 g/mol. The largest absolute Gasteiger partial charge is 0.449 e. The molecule has 1 unspecified atom stereocenters. The molecule has 0 amide bonds. The van der Waals surface area contributed by atoms with Gasteiger partial charge in [-0.05, 0) is 36.4 Å². The fourth-order valence-corrected chi connectivity index (χ4v) is 3.22. The number of halogens is 2. The van der Waals surface area contributed by atoms with Crippen LogP contribution in [0.1, 0.15) is 11.4 Å². The molecule has 0 bridgehead atoms. The maximum atomic E-state index is 12.4. The molecule has 6 nitrogen and oxygen atoms in total. The molecule has 4 rings (SSSR count). The van der Waals surface area contributed by atoms with E-state index >= 15 is 0 Å². The summed E-state index contributed by atoms with van der Waals surface area (Å²) in [6.07, 6.45) is 0. The van der Waals surface area contributed by atoms with E-state index in [-0.39, 0.29) is 16.9 Å². The van der Waals surface area contributed by atoms with Crippen molar-refractivity contribution >= 4 is 22.1 Å². The van der Waals surface area contributed by atoms with E-state index in [1.165, 1.54) is 12.1 Å². The molecule has 0 aliphatic heterocycles. The van der Waals surface area contributed by atoms with Crippen LogP contribution in [0.25, 0.3) is 22.1 Å². The zero-order chi connectivity index (χ0) is 19.7. The highest BCUT2D eigenvalue weighted by molar-refractivity contribution is 6.01. The highest BCUT2D eigenvalue weighted by Gasteiger charge is 2.15. The molecule has 144 valence electrons. The number of fused-ring (bicyclic) bond motifs is 3. The van der Waals surface area contributed by atoms with Gasteiger partial charge in [-0.15, -0.1) is 0 Å². The van der Waals surface area contributed by atoms with Crippen molar-refractivity contribution in [2.24, 2.45) is 0 Å². The molecule has 0 spiro atoms. The first-order valence-corrected chi connectivity index (χ1v) is 8.75. The number of aromatic amines is 1. The smallest absolute Gasteiger partial charge is 0.387 e. The van der Waals surface area contributed by atoms with Crippen LogP contribution in [0.4, 0.5) is 8.78 Å². The molecule has 2 aromatic carbocycles. The number of rotatable bonds is 6. The van der Waals surface area contributed by atoms with Gasteiger partial charge in [0.15, 0.2) is 5.82 Å². The van der Waals surface area contributed by atoms with E-state index in [0.29, 0.717) is 30.0 Å². The number of hydrogen-bond donors (Lipinski definition) is 2. The molecule has 8 heteroatoms. The number of furan rings is 1. The summed E-state index contributed by atoms with van der Waals surface area (Å²) in [5, 5.41) is 0.803. The molecule has 2 aromatic heterocycles. The van der Waals surface area contributed by atoms with Gasteiger partial charge in [0.1, 0.15) is 29.9 Å². The van der Waals surface area contributed by atoms with Gasteiger partial charge in [-0.3, -0.25) is 4.79 Å². The summed E-state index contributed by atoms with van der Waals surface area (Å²) in [6.45, 7) is -1.72. The van der Waals surface area contributed by atoms with Crippen LogP contribution in [0.15, 0.2) is 57.7 Å². The number of alkyl halides is 2. The number of ether oxygens (including phenoxy) is 1. The van der Waals surface area contributed by atoms with Crippen molar-refractivity contribution in [2.45, 2.75) is 19.7 Å². The van der Waals surface area contributed by atoms with Gasteiger partial charge in [0.2, 0.25) is 5.58 Å². The first kappa shape index (κ1) is 18.1. The first-order valence-electron chi connectivity index (χ1n) is 8.75. The van der Waals surface area contributed by atoms with Gasteiger partial charge in [-0.1, -0.05) is 12.1 Å². The molecule has 0 aliphatic carbocycles. The van der Waals surface area contributed by atoms with Crippen molar-refractivity contribution in [2.75, 3.05) is 7.05 Å². The summed E-state index contributed by atoms with van der Waals surface area (Å²) in [5.41, 5.74) is 2.04. The van der Waals surface area contributed by atoms with Crippen molar-refractivity contribution in [3.63, 3.8) is 0 Å². The lowest BCUT2D eigenvalue weighted by Crippen LogP contribution is -3.06. The highest BCUT2D eigenvalue weighted by Crippen LogP contribution is 2.24. The Balaban J connectivity index is 1.52. The van der Waals surface area contributed by atoms with E-state index in [4.69, 9.17) is 4.42 Å². The molecule has 0 fully saturated rings. The summed E-state index contributed by atoms with van der Waals surface area (Å²) in [5.74, 6) is 0.680. The van der Waals surface area contributed by atoms with Crippen LogP contribution in [0.5, 0.6) is 5.75 Å². The molecule has 2 heterocycles. The lowest BCUT2D eigenvalue weighted by Gasteiger charge is -2.14. The standard InChI is InChI=1S/C20H17F2N3O3/c1-25(10-12-6-8-13(9-7-12)27-20(21)22)11-16-23-17-14-4-2-3-5-15(14)28-18(17)19(26)24-16/h2-9,20H,10-11H2,1H3,(H,23,24,26)/p+1. The van der Waals surface area contributed by atoms with E-state index in [1.807, 2.05) is 25.2 Å². The Bertz CT molecular complexity index is 1170. The number of aromatic nitrogens is 2. The SMILES string of the molecule is C[NH+](Cc1ccc(OC(F)F)cc1)Cc1nc2c(oc3ccccc32)c(=O)[nH]1. The minimum Gasteiger partial charge on any atom is -0.449 e. The number of nitrogens with one attached hydrogen (secondary N) is 2. The van der Waals surface area contributed by atoms with Gasteiger partial charge >= 0.3 is 6.61 Å². The third kappa shape index (κ3) is 3.72. The Morgan fingerprint density at radius 2 is 1.89 bits per heavy atom. The molecular formula is C20H18F2N3O3+. The van der Waals surface area contributed by atoms with E-state index in [9.17, 15) is 13.6 Å². The number of benzene rings is 2. The molecule has 0 saturated carbocycles. The van der Waals surface area contributed by atoms with Crippen LogP contribution in [-0.2, 0) is 13.1 Å².